The Morgan fingerprint density at radius 1 is 1.37 bits per heavy atom. The number of hydrogen-bond donors (Lipinski definition) is 0. The first-order valence-corrected chi connectivity index (χ1v) is 7.22. The van der Waals surface area contributed by atoms with Crippen molar-refractivity contribution < 1.29 is 4.79 Å². The Hall–Kier alpha value is -1.68. The van der Waals surface area contributed by atoms with E-state index in [0.29, 0.717) is 11.7 Å². The van der Waals surface area contributed by atoms with E-state index in [1.54, 1.807) is 23.6 Å². The molecule has 0 spiro atoms. The third kappa shape index (κ3) is 3.41. The average molecular weight is 274 g/mol. The summed E-state index contributed by atoms with van der Waals surface area (Å²) in [6, 6.07) is 8.35. The first-order valence-electron chi connectivity index (χ1n) is 6.34. The summed E-state index contributed by atoms with van der Waals surface area (Å²) in [4.78, 5) is 19.1. The minimum absolute atomic E-state index is 0.000837. The normalized spacial score (nSPS) is 10.7. The fourth-order valence-corrected chi connectivity index (χ4v) is 2.61. The Labute approximate surface area is 117 Å². The zero-order valence-corrected chi connectivity index (χ0v) is 12.3. The number of pyridine rings is 1. The molecule has 0 N–H and O–H groups in total. The van der Waals surface area contributed by atoms with E-state index in [4.69, 9.17) is 0 Å². The predicted octanol–water partition coefficient (Wildman–Crippen LogP) is 3.76. The fraction of sp³-hybridized carbons (Fsp3) is 0.333. The first-order chi connectivity index (χ1) is 9.08. The lowest BCUT2D eigenvalue weighted by Gasteiger charge is -2.28. The predicted molar refractivity (Wildman–Crippen MR) is 79.9 cm³/mol. The molecule has 0 amide bonds. The van der Waals surface area contributed by atoms with Gasteiger partial charge in [0.15, 0.2) is 5.78 Å². The lowest BCUT2D eigenvalue weighted by molar-refractivity contribution is 0.101. The van der Waals surface area contributed by atoms with Crippen LogP contribution in [0.15, 0.2) is 35.8 Å². The summed E-state index contributed by atoms with van der Waals surface area (Å²) in [5.41, 5.74) is 1.57. The van der Waals surface area contributed by atoms with E-state index in [1.165, 1.54) is 11.8 Å². The molecular weight excluding hydrogens is 256 g/mol. The fourth-order valence-electron chi connectivity index (χ4n) is 1.91. The largest absolute Gasteiger partial charge is 0.363 e. The molecule has 0 aromatic carbocycles. The van der Waals surface area contributed by atoms with Crippen LogP contribution in [0.25, 0.3) is 0 Å². The molecule has 4 heteroatoms. The van der Waals surface area contributed by atoms with Crippen molar-refractivity contribution in [3.8, 4) is 0 Å². The van der Waals surface area contributed by atoms with Crippen LogP contribution in [0, 0.1) is 0 Å². The summed E-state index contributed by atoms with van der Waals surface area (Å²) in [6.07, 6.45) is 1.78. The number of carbonyl (C=O) groups is 1. The number of ketones is 1. The molecule has 0 atom stereocenters. The van der Waals surface area contributed by atoms with Gasteiger partial charge in [0, 0.05) is 17.8 Å². The molecule has 2 aromatic heterocycles. The standard InChI is InChI=1S/C15H18N2OS/c1-11(2)17(10-14-5-4-8-19-14)13-6-7-15(12(3)18)16-9-13/h4-9,11H,10H2,1-3H3. The molecule has 0 radical (unpaired) electrons. The zero-order chi connectivity index (χ0) is 13.8. The van der Waals surface area contributed by atoms with Crippen LogP contribution < -0.4 is 4.90 Å². The van der Waals surface area contributed by atoms with Gasteiger partial charge in [-0.1, -0.05) is 6.07 Å². The van der Waals surface area contributed by atoms with Crippen molar-refractivity contribution in [2.24, 2.45) is 0 Å². The maximum atomic E-state index is 11.2. The van der Waals surface area contributed by atoms with Gasteiger partial charge in [0.25, 0.3) is 0 Å². The van der Waals surface area contributed by atoms with Crippen LogP contribution in [0.5, 0.6) is 0 Å². The number of hydrogen-bond acceptors (Lipinski definition) is 4. The number of nitrogens with zero attached hydrogens (tertiary/aromatic N) is 2. The van der Waals surface area contributed by atoms with E-state index in [9.17, 15) is 4.79 Å². The van der Waals surface area contributed by atoms with Crippen LogP contribution in [-0.2, 0) is 6.54 Å². The molecular formula is C15H18N2OS. The highest BCUT2D eigenvalue weighted by atomic mass is 32.1. The molecule has 0 aliphatic heterocycles. The maximum Gasteiger partial charge on any atom is 0.178 e. The maximum absolute atomic E-state index is 11.2. The van der Waals surface area contributed by atoms with Crippen LogP contribution in [0.1, 0.15) is 36.1 Å². The quantitative estimate of drug-likeness (QED) is 0.778. The number of rotatable bonds is 5. The number of thiophene rings is 1. The van der Waals surface area contributed by atoms with Crippen LogP contribution in [0.2, 0.25) is 0 Å². The average Bonchev–Trinajstić information content (AvgIpc) is 2.88. The summed E-state index contributed by atoms with van der Waals surface area (Å²) >= 11 is 1.76. The van der Waals surface area contributed by atoms with Crippen molar-refractivity contribution in [3.05, 3.63) is 46.4 Å². The van der Waals surface area contributed by atoms with Gasteiger partial charge in [-0.25, -0.2) is 0 Å². The number of anilines is 1. The zero-order valence-electron chi connectivity index (χ0n) is 11.5. The monoisotopic (exact) mass is 274 g/mol. The van der Waals surface area contributed by atoms with E-state index in [0.717, 1.165) is 12.2 Å². The molecule has 0 bridgehead atoms. The molecule has 2 rings (SSSR count). The number of aromatic nitrogens is 1. The van der Waals surface area contributed by atoms with Gasteiger partial charge in [0.05, 0.1) is 18.4 Å². The SMILES string of the molecule is CC(=O)c1ccc(N(Cc2cccs2)C(C)C)cn1. The Kier molecular flexibility index (Phi) is 4.32. The second-order valence-corrected chi connectivity index (χ2v) is 5.79. The second kappa shape index (κ2) is 5.97. The molecule has 3 nitrogen and oxygen atoms in total. The van der Waals surface area contributed by atoms with Crippen LogP contribution in [0.4, 0.5) is 5.69 Å². The Morgan fingerprint density at radius 3 is 2.63 bits per heavy atom. The third-order valence-electron chi connectivity index (χ3n) is 2.97. The van der Waals surface area contributed by atoms with Gasteiger partial charge in [0.2, 0.25) is 0 Å². The van der Waals surface area contributed by atoms with Gasteiger partial charge >= 0.3 is 0 Å². The van der Waals surface area contributed by atoms with Crippen LogP contribution in [-0.4, -0.2) is 16.8 Å². The van der Waals surface area contributed by atoms with Gasteiger partial charge < -0.3 is 4.90 Å². The smallest absolute Gasteiger partial charge is 0.178 e. The highest BCUT2D eigenvalue weighted by Crippen LogP contribution is 2.21. The van der Waals surface area contributed by atoms with E-state index in [-0.39, 0.29) is 5.78 Å². The van der Waals surface area contributed by atoms with E-state index < -0.39 is 0 Å². The van der Waals surface area contributed by atoms with Crippen LogP contribution >= 0.6 is 11.3 Å². The minimum Gasteiger partial charge on any atom is -0.363 e. The van der Waals surface area contributed by atoms with E-state index in [1.807, 2.05) is 6.07 Å². The van der Waals surface area contributed by atoms with Gasteiger partial charge in [-0.2, -0.15) is 0 Å². The van der Waals surface area contributed by atoms with E-state index in [2.05, 4.69) is 41.2 Å². The highest BCUT2D eigenvalue weighted by Gasteiger charge is 2.12. The van der Waals surface area contributed by atoms with Gasteiger partial charge in [-0.05, 0) is 37.4 Å². The topological polar surface area (TPSA) is 33.2 Å². The Bertz CT molecular complexity index is 532. The Morgan fingerprint density at radius 2 is 2.16 bits per heavy atom. The summed E-state index contributed by atoms with van der Waals surface area (Å²) in [5.74, 6) is 0.000837. The summed E-state index contributed by atoms with van der Waals surface area (Å²) in [6.45, 7) is 6.73. The van der Waals surface area contributed by atoms with Crippen LogP contribution in [0.3, 0.4) is 0 Å². The highest BCUT2D eigenvalue weighted by molar-refractivity contribution is 7.09. The van der Waals surface area contributed by atoms with Crippen molar-refractivity contribution in [3.63, 3.8) is 0 Å². The van der Waals surface area contributed by atoms with Crippen molar-refractivity contribution >= 4 is 22.8 Å². The molecule has 2 aromatic rings. The van der Waals surface area contributed by atoms with Gasteiger partial charge in [-0.3, -0.25) is 9.78 Å². The molecule has 0 aliphatic rings. The number of carbonyl (C=O) groups excluding carboxylic acids is 1. The molecule has 0 saturated heterocycles. The number of Topliss-reactive ketones (excluding diaryl/α,β-unsaturated/α-hetero) is 1. The van der Waals surface area contributed by atoms with E-state index >= 15 is 0 Å². The second-order valence-electron chi connectivity index (χ2n) is 4.76. The Balaban J connectivity index is 2.21. The first kappa shape index (κ1) is 13.7. The summed E-state index contributed by atoms with van der Waals surface area (Å²) in [7, 11) is 0. The lowest BCUT2D eigenvalue weighted by atomic mass is 10.2. The molecule has 0 fully saturated rings. The molecule has 0 saturated carbocycles. The van der Waals surface area contributed by atoms with Crippen molar-refractivity contribution in [1.82, 2.24) is 4.98 Å². The summed E-state index contributed by atoms with van der Waals surface area (Å²) < 4.78 is 0. The molecule has 2 heterocycles. The summed E-state index contributed by atoms with van der Waals surface area (Å²) in [5, 5.41) is 2.09. The minimum atomic E-state index is 0.000837. The lowest BCUT2D eigenvalue weighted by Crippen LogP contribution is -2.29. The molecule has 0 unspecified atom stereocenters. The van der Waals surface area contributed by atoms with Crippen molar-refractivity contribution in [2.75, 3.05) is 4.90 Å². The molecule has 100 valence electrons. The molecule has 0 aliphatic carbocycles. The molecule has 19 heavy (non-hydrogen) atoms. The van der Waals surface area contributed by atoms with Gasteiger partial charge in [0.1, 0.15) is 5.69 Å². The van der Waals surface area contributed by atoms with Crippen molar-refractivity contribution in [1.29, 1.82) is 0 Å². The van der Waals surface area contributed by atoms with Crippen molar-refractivity contribution in [2.45, 2.75) is 33.4 Å². The van der Waals surface area contributed by atoms with Gasteiger partial charge in [-0.15, -0.1) is 11.3 Å². The third-order valence-corrected chi connectivity index (χ3v) is 3.83.